The lowest BCUT2D eigenvalue weighted by Gasteiger charge is -2.28. The molecule has 0 unspecified atom stereocenters. The Morgan fingerprint density at radius 1 is 1.29 bits per heavy atom. The van der Waals surface area contributed by atoms with Gasteiger partial charge in [-0.15, -0.1) is 0 Å². The summed E-state index contributed by atoms with van der Waals surface area (Å²) in [5, 5.41) is 0. The van der Waals surface area contributed by atoms with Gasteiger partial charge < -0.3 is 4.90 Å². The molecule has 1 aliphatic rings. The van der Waals surface area contributed by atoms with Gasteiger partial charge in [0.2, 0.25) is 0 Å². The summed E-state index contributed by atoms with van der Waals surface area (Å²) in [5.74, 6) is 1.79. The summed E-state index contributed by atoms with van der Waals surface area (Å²) < 4.78 is 0. The molecule has 0 aromatic carbocycles. The highest BCUT2D eigenvalue weighted by Crippen LogP contribution is 2.18. The van der Waals surface area contributed by atoms with Crippen LogP contribution >= 0.6 is 0 Å². The van der Waals surface area contributed by atoms with E-state index in [0.29, 0.717) is 0 Å². The Labute approximate surface area is 85.2 Å². The lowest BCUT2D eigenvalue weighted by molar-refractivity contribution is 0.217. The van der Waals surface area contributed by atoms with Gasteiger partial charge in [0.05, 0.1) is 0 Å². The Morgan fingerprint density at radius 2 is 1.93 bits per heavy atom. The van der Waals surface area contributed by atoms with Crippen molar-refractivity contribution in [3.63, 3.8) is 0 Å². The average Bonchev–Trinajstić information content (AvgIpc) is 2.23. The Bertz CT molecular complexity index is 265. The second kappa shape index (κ2) is 4.51. The fourth-order valence-corrected chi connectivity index (χ4v) is 1.96. The Balaban J connectivity index is 1.87. The first kappa shape index (κ1) is 9.59. The van der Waals surface area contributed by atoms with Crippen LogP contribution in [0.4, 0.5) is 0 Å². The molecular weight excluding hydrogens is 174 g/mol. The van der Waals surface area contributed by atoms with E-state index in [1.807, 2.05) is 18.5 Å². The lowest BCUT2D eigenvalue weighted by atomic mass is 9.93. The molecule has 0 spiro atoms. The molecule has 3 nitrogen and oxygen atoms in total. The van der Waals surface area contributed by atoms with Gasteiger partial charge in [0, 0.05) is 18.8 Å². The Hall–Kier alpha value is -0.960. The van der Waals surface area contributed by atoms with Crippen LogP contribution in [0.5, 0.6) is 0 Å². The number of rotatable bonds is 2. The van der Waals surface area contributed by atoms with Gasteiger partial charge in [-0.05, 0) is 45.0 Å². The smallest absolute Gasteiger partial charge is 0.128 e. The first-order valence-electron chi connectivity index (χ1n) is 5.29. The van der Waals surface area contributed by atoms with E-state index in [4.69, 9.17) is 0 Å². The van der Waals surface area contributed by atoms with Crippen LogP contribution in [0.2, 0.25) is 0 Å². The zero-order chi connectivity index (χ0) is 9.80. The highest BCUT2D eigenvalue weighted by Gasteiger charge is 2.17. The molecule has 14 heavy (non-hydrogen) atoms. The molecule has 0 saturated carbocycles. The summed E-state index contributed by atoms with van der Waals surface area (Å²) in [6.07, 6.45) is 7.28. The van der Waals surface area contributed by atoms with Crippen LogP contribution in [-0.4, -0.2) is 35.0 Å². The van der Waals surface area contributed by atoms with Crippen LogP contribution in [0.3, 0.4) is 0 Å². The van der Waals surface area contributed by atoms with E-state index in [2.05, 4.69) is 21.9 Å². The number of likely N-dealkylation sites (tertiary alicyclic amines) is 1. The fourth-order valence-electron chi connectivity index (χ4n) is 1.96. The van der Waals surface area contributed by atoms with Crippen molar-refractivity contribution in [1.29, 1.82) is 0 Å². The predicted molar refractivity (Wildman–Crippen MR) is 56.0 cm³/mol. The van der Waals surface area contributed by atoms with Gasteiger partial charge in [-0.1, -0.05) is 0 Å². The van der Waals surface area contributed by atoms with Crippen LogP contribution in [-0.2, 0) is 6.42 Å². The zero-order valence-electron chi connectivity index (χ0n) is 8.69. The van der Waals surface area contributed by atoms with Crippen LogP contribution in [0, 0.1) is 5.92 Å². The highest BCUT2D eigenvalue weighted by molar-refractivity contribution is 4.91. The first-order chi connectivity index (χ1) is 6.84. The molecule has 1 fully saturated rings. The van der Waals surface area contributed by atoms with Gasteiger partial charge >= 0.3 is 0 Å². The van der Waals surface area contributed by atoms with Crippen LogP contribution in [0.1, 0.15) is 18.7 Å². The molecule has 1 aromatic heterocycles. The van der Waals surface area contributed by atoms with Crippen molar-refractivity contribution in [2.24, 2.45) is 5.92 Å². The van der Waals surface area contributed by atoms with Gasteiger partial charge in [-0.25, -0.2) is 9.97 Å². The maximum atomic E-state index is 4.27. The van der Waals surface area contributed by atoms with Gasteiger partial charge in [0.15, 0.2) is 0 Å². The number of hydrogen-bond donors (Lipinski definition) is 0. The van der Waals surface area contributed by atoms with Crippen LogP contribution in [0.25, 0.3) is 0 Å². The predicted octanol–water partition coefficient (Wildman–Crippen LogP) is 1.36. The molecule has 0 aliphatic carbocycles. The molecule has 0 atom stereocenters. The molecule has 0 amide bonds. The summed E-state index contributed by atoms with van der Waals surface area (Å²) in [5.41, 5.74) is 0. The molecule has 0 N–H and O–H groups in total. The van der Waals surface area contributed by atoms with E-state index in [1.165, 1.54) is 25.9 Å². The standard InChI is InChI=1S/C11H17N3/c1-14-7-3-10(4-8-14)9-11-12-5-2-6-13-11/h2,5-6,10H,3-4,7-9H2,1H3. The number of aromatic nitrogens is 2. The third-order valence-corrected chi connectivity index (χ3v) is 2.93. The van der Waals surface area contributed by atoms with Crippen molar-refractivity contribution < 1.29 is 0 Å². The third-order valence-electron chi connectivity index (χ3n) is 2.93. The molecular formula is C11H17N3. The van der Waals surface area contributed by atoms with E-state index in [0.717, 1.165) is 18.2 Å². The minimum absolute atomic E-state index is 0.786. The zero-order valence-corrected chi connectivity index (χ0v) is 8.69. The van der Waals surface area contributed by atoms with Crippen molar-refractivity contribution in [1.82, 2.24) is 14.9 Å². The molecule has 0 bridgehead atoms. The summed E-state index contributed by atoms with van der Waals surface area (Å²) in [7, 11) is 2.19. The van der Waals surface area contributed by atoms with E-state index < -0.39 is 0 Å². The maximum Gasteiger partial charge on any atom is 0.128 e. The topological polar surface area (TPSA) is 29.0 Å². The summed E-state index contributed by atoms with van der Waals surface area (Å²) >= 11 is 0. The van der Waals surface area contributed by atoms with E-state index in [-0.39, 0.29) is 0 Å². The van der Waals surface area contributed by atoms with E-state index in [1.54, 1.807) is 0 Å². The molecule has 76 valence electrons. The lowest BCUT2D eigenvalue weighted by Crippen LogP contribution is -2.31. The third kappa shape index (κ3) is 2.51. The molecule has 1 saturated heterocycles. The summed E-state index contributed by atoms with van der Waals surface area (Å²) in [6, 6.07) is 1.87. The minimum Gasteiger partial charge on any atom is -0.306 e. The number of nitrogens with zero attached hydrogens (tertiary/aromatic N) is 3. The number of hydrogen-bond acceptors (Lipinski definition) is 3. The first-order valence-corrected chi connectivity index (χ1v) is 5.29. The monoisotopic (exact) mass is 191 g/mol. The van der Waals surface area contributed by atoms with Crippen molar-refractivity contribution >= 4 is 0 Å². The average molecular weight is 191 g/mol. The van der Waals surface area contributed by atoms with Crippen molar-refractivity contribution in [2.45, 2.75) is 19.3 Å². The SMILES string of the molecule is CN1CCC(Cc2ncccn2)CC1. The van der Waals surface area contributed by atoms with Crippen molar-refractivity contribution in [3.05, 3.63) is 24.3 Å². The Morgan fingerprint density at radius 3 is 2.57 bits per heavy atom. The van der Waals surface area contributed by atoms with Gasteiger partial charge in [0.1, 0.15) is 5.82 Å². The van der Waals surface area contributed by atoms with Crippen LogP contribution in [0.15, 0.2) is 18.5 Å². The molecule has 0 radical (unpaired) electrons. The Kier molecular flexibility index (Phi) is 3.09. The van der Waals surface area contributed by atoms with Gasteiger partial charge in [-0.3, -0.25) is 0 Å². The minimum atomic E-state index is 0.786. The van der Waals surface area contributed by atoms with E-state index in [9.17, 15) is 0 Å². The maximum absolute atomic E-state index is 4.27. The highest BCUT2D eigenvalue weighted by atomic mass is 15.1. The fraction of sp³-hybridized carbons (Fsp3) is 0.636. The van der Waals surface area contributed by atoms with E-state index >= 15 is 0 Å². The summed E-state index contributed by atoms with van der Waals surface area (Å²) in [6.45, 7) is 2.44. The second-order valence-corrected chi connectivity index (χ2v) is 4.12. The molecule has 2 rings (SSSR count). The van der Waals surface area contributed by atoms with Crippen molar-refractivity contribution in [2.75, 3.05) is 20.1 Å². The normalized spacial score (nSPS) is 19.8. The second-order valence-electron chi connectivity index (χ2n) is 4.12. The molecule has 3 heteroatoms. The van der Waals surface area contributed by atoms with Gasteiger partial charge in [-0.2, -0.15) is 0 Å². The number of piperidine rings is 1. The summed E-state index contributed by atoms with van der Waals surface area (Å²) in [4.78, 5) is 10.9. The molecule has 1 aromatic rings. The van der Waals surface area contributed by atoms with Crippen LogP contribution < -0.4 is 0 Å². The molecule has 1 aliphatic heterocycles. The van der Waals surface area contributed by atoms with Gasteiger partial charge in [0.25, 0.3) is 0 Å². The largest absolute Gasteiger partial charge is 0.306 e. The van der Waals surface area contributed by atoms with Crippen molar-refractivity contribution in [3.8, 4) is 0 Å². The molecule has 2 heterocycles. The quantitative estimate of drug-likeness (QED) is 0.707.